The first-order chi connectivity index (χ1) is 5.90. The lowest BCUT2D eigenvalue weighted by Gasteiger charge is -2.09. The van der Waals surface area contributed by atoms with E-state index < -0.39 is 9.84 Å². The normalized spacial score (nSPS) is 14.8. The zero-order valence-electron chi connectivity index (χ0n) is 8.36. The zero-order chi connectivity index (χ0) is 10.5. The van der Waals surface area contributed by atoms with Crippen LogP contribution in [0.25, 0.3) is 0 Å². The highest BCUT2D eigenvalue weighted by Gasteiger charge is 2.15. The molecule has 0 aliphatic heterocycles. The minimum Gasteiger partial charge on any atom is -0.395 e. The van der Waals surface area contributed by atoms with Crippen LogP contribution in [0.3, 0.4) is 0 Å². The smallest absolute Gasteiger partial charge is 0.153 e. The van der Waals surface area contributed by atoms with Crippen LogP contribution in [-0.2, 0) is 9.84 Å². The summed E-state index contributed by atoms with van der Waals surface area (Å²) in [5.41, 5.74) is 0. The second kappa shape index (κ2) is 5.88. The Hall–Kier alpha value is 0.260. The third kappa shape index (κ3) is 5.54. The van der Waals surface area contributed by atoms with Gasteiger partial charge in [-0.05, 0) is 13.8 Å². The molecule has 0 amide bonds. The van der Waals surface area contributed by atoms with Crippen molar-refractivity contribution in [3.8, 4) is 0 Å². The first kappa shape index (κ1) is 13.3. The van der Waals surface area contributed by atoms with Gasteiger partial charge in [0.25, 0.3) is 0 Å². The molecule has 3 nitrogen and oxygen atoms in total. The summed E-state index contributed by atoms with van der Waals surface area (Å²) >= 11 is 1.49. The predicted molar refractivity (Wildman–Crippen MR) is 57.9 cm³/mol. The summed E-state index contributed by atoms with van der Waals surface area (Å²) in [6, 6.07) is 0. The molecule has 0 heterocycles. The highest BCUT2D eigenvalue weighted by molar-refractivity contribution is 8.01. The van der Waals surface area contributed by atoms with Gasteiger partial charge in [0.2, 0.25) is 0 Å². The highest BCUT2D eigenvalue weighted by Crippen LogP contribution is 2.11. The van der Waals surface area contributed by atoms with Gasteiger partial charge in [0, 0.05) is 11.0 Å². The molecular formula is C8H18O3S2. The molecule has 0 aromatic carbocycles. The van der Waals surface area contributed by atoms with Crippen LogP contribution in [0.1, 0.15) is 20.8 Å². The number of aliphatic hydroxyl groups excluding tert-OH is 1. The molecule has 0 aliphatic rings. The first-order valence-electron chi connectivity index (χ1n) is 4.34. The summed E-state index contributed by atoms with van der Waals surface area (Å²) in [5.74, 6) is 0.780. The fourth-order valence-corrected chi connectivity index (χ4v) is 2.95. The molecule has 0 bridgehead atoms. The van der Waals surface area contributed by atoms with Gasteiger partial charge < -0.3 is 5.11 Å². The Balaban J connectivity index is 3.78. The lowest BCUT2D eigenvalue weighted by Crippen LogP contribution is -2.20. The molecule has 13 heavy (non-hydrogen) atoms. The molecular weight excluding hydrogens is 208 g/mol. The van der Waals surface area contributed by atoms with Gasteiger partial charge in [-0.2, -0.15) is 11.8 Å². The van der Waals surface area contributed by atoms with Crippen molar-refractivity contribution in [3.63, 3.8) is 0 Å². The third-order valence-electron chi connectivity index (χ3n) is 1.75. The molecule has 1 N–H and O–H groups in total. The standard InChI is InChI=1S/C8H18O3S2/c1-7(2)13(10,11)5-4-12-8(3)6-9/h7-9H,4-6H2,1-3H3. The molecule has 5 heteroatoms. The van der Waals surface area contributed by atoms with Gasteiger partial charge in [0.15, 0.2) is 9.84 Å². The second-order valence-electron chi connectivity index (χ2n) is 3.28. The summed E-state index contributed by atoms with van der Waals surface area (Å²) < 4.78 is 22.6. The lowest BCUT2D eigenvalue weighted by molar-refractivity contribution is 0.300. The third-order valence-corrected chi connectivity index (χ3v) is 5.37. The van der Waals surface area contributed by atoms with Crippen molar-refractivity contribution in [2.75, 3.05) is 18.1 Å². The molecule has 0 aliphatic carbocycles. The van der Waals surface area contributed by atoms with Crippen molar-refractivity contribution >= 4 is 21.6 Å². The maximum atomic E-state index is 11.3. The highest BCUT2D eigenvalue weighted by atomic mass is 32.2. The van der Waals surface area contributed by atoms with E-state index in [1.54, 1.807) is 13.8 Å². The van der Waals surface area contributed by atoms with Crippen molar-refractivity contribution in [1.29, 1.82) is 0 Å². The summed E-state index contributed by atoms with van der Waals surface area (Å²) in [5, 5.41) is 8.54. The van der Waals surface area contributed by atoms with Crippen LogP contribution in [0.2, 0.25) is 0 Å². The van der Waals surface area contributed by atoms with Gasteiger partial charge in [0.1, 0.15) is 0 Å². The van der Waals surface area contributed by atoms with E-state index >= 15 is 0 Å². The SMILES string of the molecule is CC(CO)SCCS(=O)(=O)C(C)C. The van der Waals surface area contributed by atoms with Gasteiger partial charge in [0.05, 0.1) is 17.6 Å². The quantitative estimate of drug-likeness (QED) is 0.732. The van der Waals surface area contributed by atoms with E-state index in [1.807, 2.05) is 6.92 Å². The van der Waals surface area contributed by atoms with Crippen LogP contribution in [0.4, 0.5) is 0 Å². The average molecular weight is 226 g/mol. The topological polar surface area (TPSA) is 54.4 Å². The zero-order valence-corrected chi connectivity index (χ0v) is 9.99. The van der Waals surface area contributed by atoms with E-state index in [0.29, 0.717) is 5.75 Å². The van der Waals surface area contributed by atoms with E-state index in [1.165, 1.54) is 11.8 Å². The largest absolute Gasteiger partial charge is 0.395 e. The minimum atomic E-state index is -2.90. The molecule has 1 atom stereocenters. The van der Waals surface area contributed by atoms with E-state index in [2.05, 4.69) is 0 Å². The Bertz CT molecular complexity index is 222. The molecule has 0 rings (SSSR count). The number of hydrogen-bond donors (Lipinski definition) is 1. The minimum absolute atomic E-state index is 0.104. The number of rotatable bonds is 6. The van der Waals surface area contributed by atoms with Crippen molar-refractivity contribution in [3.05, 3.63) is 0 Å². The number of hydrogen-bond acceptors (Lipinski definition) is 4. The maximum Gasteiger partial charge on any atom is 0.153 e. The van der Waals surface area contributed by atoms with Crippen LogP contribution in [0, 0.1) is 0 Å². The fourth-order valence-electron chi connectivity index (χ4n) is 0.654. The first-order valence-corrected chi connectivity index (χ1v) is 7.10. The van der Waals surface area contributed by atoms with Crippen molar-refractivity contribution < 1.29 is 13.5 Å². The van der Waals surface area contributed by atoms with Gasteiger partial charge in [-0.3, -0.25) is 0 Å². The van der Waals surface area contributed by atoms with E-state index in [9.17, 15) is 8.42 Å². The van der Waals surface area contributed by atoms with Crippen LogP contribution < -0.4 is 0 Å². The molecule has 0 spiro atoms. The van der Waals surface area contributed by atoms with Crippen LogP contribution in [0.15, 0.2) is 0 Å². The summed E-state index contributed by atoms with van der Waals surface area (Å²) in [4.78, 5) is 0. The molecule has 0 radical (unpaired) electrons. The van der Waals surface area contributed by atoms with Gasteiger partial charge >= 0.3 is 0 Å². The van der Waals surface area contributed by atoms with Gasteiger partial charge in [-0.15, -0.1) is 0 Å². The monoisotopic (exact) mass is 226 g/mol. The summed E-state index contributed by atoms with van der Waals surface area (Å²) in [7, 11) is -2.90. The maximum absolute atomic E-state index is 11.3. The molecule has 0 fully saturated rings. The fraction of sp³-hybridized carbons (Fsp3) is 1.00. The lowest BCUT2D eigenvalue weighted by atomic mass is 10.5. The summed E-state index contributed by atoms with van der Waals surface area (Å²) in [6.45, 7) is 5.37. The Morgan fingerprint density at radius 1 is 1.31 bits per heavy atom. The van der Waals surface area contributed by atoms with E-state index in [4.69, 9.17) is 5.11 Å². The van der Waals surface area contributed by atoms with Crippen LogP contribution in [0.5, 0.6) is 0 Å². The van der Waals surface area contributed by atoms with Crippen molar-refractivity contribution in [2.45, 2.75) is 31.3 Å². The van der Waals surface area contributed by atoms with E-state index in [-0.39, 0.29) is 22.9 Å². The van der Waals surface area contributed by atoms with E-state index in [0.717, 1.165) is 0 Å². The average Bonchev–Trinajstić information content (AvgIpc) is 2.03. The molecule has 1 unspecified atom stereocenters. The number of thioether (sulfide) groups is 1. The number of aliphatic hydroxyl groups is 1. The van der Waals surface area contributed by atoms with Gasteiger partial charge in [-0.1, -0.05) is 6.92 Å². The number of sulfone groups is 1. The Labute approximate surface area is 84.8 Å². The van der Waals surface area contributed by atoms with Crippen LogP contribution >= 0.6 is 11.8 Å². The van der Waals surface area contributed by atoms with Crippen molar-refractivity contribution in [1.82, 2.24) is 0 Å². The molecule has 0 aromatic rings. The van der Waals surface area contributed by atoms with Crippen molar-refractivity contribution in [2.24, 2.45) is 0 Å². The molecule has 80 valence electrons. The molecule has 0 saturated carbocycles. The van der Waals surface area contributed by atoms with Gasteiger partial charge in [-0.25, -0.2) is 8.42 Å². The predicted octanol–water partition coefficient (Wildman–Crippen LogP) is 0.924. The summed E-state index contributed by atoms with van der Waals surface area (Å²) in [6.07, 6.45) is 0. The Morgan fingerprint density at radius 2 is 1.85 bits per heavy atom. The second-order valence-corrected chi connectivity index (χ2v) is 7.50. The Morgan fingerprint density at radius 3 is 2.23 bits per heavy atom. The molecule has 0 saturated heterocycles. The van der Waals surface area contributed by atoms with Crippen LogP contribution in [-0.4, -0.2) is 42.1 Å². The molecule has 0 aromatic heterocycles. The Kier molecular flexibility index (Phi) is 6.00.